The van der Waals surface area contributed by atoms with E-state index >= 15 is 0 Å². The van der Waals surface area contributed by atoms with Crippen molar-refractivity contribution >= 4 is 0 Å². The van der Waals surface area contributed by atoms with Gasteiger partial charge >= 0.3 is 0 Å². The van der Waals surface area contributed by atoms with Crippen molar-refractivity contribution in [3.63, 3.8) is 0 Å². The zero-order chi connectivity index (χ0) is 14.7. The van der Waals surface area contributed by atoms with Crippen LogP contribution in [0.1, 0.15) is 0 Å². The molecule has 1 aromatic heterocycles. The maximum Gasteiger partial charge on any atom is 0.161 e. The van der Waals surface area contributed by atoms with Crippen LogP contribution in [0.2, 0.25) is 0 Å². The molecule has 3 aromatic rings. The Balaban J connectivity index is 1.97. The highest BCUT2D eigenvalue weighted by Gasteiger charge is 2.08. The minimum absolute atomic E-state index is 0.698. The minimum atomic E-state index is 0.698. The summed E-state index contributed by atoms with van der Waals surface area (Å²) < 4.78 is 12.4. The normalized spacial score (nSPS) is 10.4. The van der Waals surface area contributed by atoms with Gasteiger partial charge in [0.1, 0.15) is 0 Å². The zero-order valence-electron chi connectivity index (χ0n) is 12.0. The van der Waals surface area contributed by atoms with Gasteiger partial charge < -0.3 is 9.47 Å². The molecular weight excluding hydrogens is 264 g/mol. The van der Waals surface area contributed by atoms with Gasteiger partial charge in [0.2, 0.25) is 0 Å². The molecule has 0 unspecified atom stereocenters. The third kappa shape index (κ3) is 2.60. The van der Waals surface area contributed by atoms with Gasteiger partial charge in [0.25, 0.3) is 0 Å². The summed E-state index contributed by atoms with van der Waals surface area (Å²) in [5.74, 6) is 1.41. The van der Waals surface area contributed by atoms with Gasteiger partial charge in [-0.2, -0.15) is 5.10 Å². The van der Waals surface area contributed by atoms with Crippen LogP contribution in [0.3, 0.4) is 0 Å². The molecule has 0 aliphatic rings. The molecule has 0 saturated heterocycles. The van der Waals surface area contributed by atoms with Crippen molar-refractivity contribution in [2.45, 2.75) is 0 Å². The molecule has 0 N–H and O–H groups in total. The molecule has 0 saturated carbocycles. The molecule has 0 fully saturated rings. The summed E-state index contributed by atoms with van der Waals surface area (Å²) in [5.41, 5.74) is 2.91. The fourth-order valence-electron chi connectivity index (χ4n) is 2.20. The van der Waals surface area contributed by atoms with Crippen molar-refractivity contribution in [3.8, 4) is 28.4 Å². The number of hydrogen-bond donors (Lipinski definition) is 0. The largest absolute Gasteiger partial charge is 0.493 e. The third-order valence-electron chi connectivity index (χ3n) is 3.29. The van der Waals surface area contributed by atoms with E-state index in [1.54, 1.807) is 14.2 Å². The summed E-state index contributed by atoms with van der Waals surface area (Å²) in [5, 5.41) is 4.60. The Hall–Kier alpha value is -2.75. The fraction of sp³-hybridized carbons (Fsp3) is 0.118. The predicted molar refractivity (Wildman–Crippen MR) is 82.1 cm³/mol. The van der Waals surface area contributed by atoms with Gasteiger partial charge in [-0.05, 0) is 36.4 Å². The van der Waals surface area contributed by atoms with Crippen molar-refractivity contribution in [2.75, 3.05) is 14.2 Å². The van der Waals surface area contributed by atoms with Crippen LogP contribution in [-0.4, -0.2) is 24.0 Å². The molecule has 0 aliphatic heterocycles. The van der Waals surface area contributed by atoms with Crippen molar-refractivity contribution in [1.82, 2.24) is 9.78 Å². The smallest absolute Gasteiger partial charge is 0.161 e. The van der Waals surface area contributed by atoms with Crippen LogP contribution in [0.5, 0.6) is 11.5 Å². The number of methoxy groups -OCH3 is 2. The highest BCUT2D eigenvalue weighted by Crippen LogP contribution is 2.31. The molecule has 0 spiro atoms. The standard InChI is InChI=1S/C17H16N2O2/c1-20-16-9-8-13(12-17(16)21-2)15-10-11-19(18-15)14-6-4-3-5-7-14/h3-12H,1-2H3. The van der Waals surface area contributed by atoms with E-state index in [1.807, 2.05) is 65.5 Å². The summed E-state index contributed by atoms with van der Waals surface area (Å²) in [7, 11) is 3.26. The van der Waals surface area contributed by atoms with Crippen LogP contribution in [-0.2, 0) is 0 Å². The van der Waals surface area contributed by atoms with Crippen LogP contribution in [0.4, 0.5) is 0 Å². The van der Waals surface area contributed by atoms with E-state index in [1.165, 1.54) is 0 Å². The van der Waals surface area contributed by atoms with E-state index in [9.17, 15) is 0 Å². The van der Waals surface area contributed by atoms with Gasteiger partial charge in [0, 0.05) is 11.8 Å². The number of nitrogens with zero attached hydrogens (tertiary/aromatic N) is 2. The molecule has 0 amide bonds. The van der Waals surface area contributed by atoms with Crippen molar-refractivity contribution in [2.24, 2.45) is 0 Å². The molecule has 4 heteroatoms. The second-order valence-corrected chi connectivity index (χ2v) is 4.55. The molecule has 21 heavy (non-hydrogen) atoms. The second-order valence-electron chi connectivity index (χ2n) is 4.55. The van der Waals surface area contributed by atoms with E-state index in [2.05, 4.69) is 5.10 Å². The lowest BCUT2D eigenvalue weighted by molar-refractivity contribution is 0.355. The first kappa shape index (κ1) is 13.2. The second kappa shape index (κ2) is 5.71. The number of rotatable bonds is 4. The molecular formula is C17H16N2O2. The highest BCUT2D eigenvalue weighted by atomic mass is 16.5. The topological polar surface area (TPSA) is 36.3 Å². The molecule has 0 atom stereocenters. The van der Waals surface area contributed by atoms with Gasteiger partial charge in [-0.25, -0.2) is 4.68 Å². The Labute approximate surface area is 123 Å². The fourth-order valence-corrected chi connectivity index (χ4v) is 2.20. The van der Waals surface area contributed by atoms with Crippen LogP contribution >= 0.6 is 0 Å². The van der Waals surface area contributed by atoms with E-state index in [-0.39, 0.29) is 0 Å². The lowest BCUT2D eigenvalue weighted by Gasteiger charge is -2.08. The minimum Gasteiger partial charge on any atom is -0.493 e. The maximum absolute atomic E-state index is 5.33. The molecule has 0 bridgehead atoms. The number of ether oxygens (including phenoxy) is 2. The Morgan fingerprint density at radius 2 is 1.62 bits per heavy atom. The first-order valence-electron chi connectivity index (χ1n) is 6.65. The van der Waals surface area contributed by atoms with E-state index in [0.717, 1.165) is 16.9 Å². The SMILES string of the molecule is COc1ccc(-c2ccn(-c3ccccc3)n2)cc1OC. The number of aromatic nitrogens is 2. The van der Waals surface area contributed by atoms with E-state index < -0.39 is 0 Å². The number of benzene rings is 2. The Bertz CT molecular complexity index is 736. The predicted octanol–water partition coefficient (Wildman–Crippen LogP) is 3.56. The average molecular weight is 280 g/mol. The van der Waals surface area contributed by atoms with E-state index in [4.69, 9.17) is 9.47 Å². The van der Waals surface area contributed by atoms with Gasteiger partial charge in [0.15, 0.2) is 11.5 Å². The maximum atomic E-state index is 5.33. The third-order valence-corrected chi connectivity index (χ3v) is 3.29. The summed E-state index contributed by atoms with van der Waals surface area (Å²) >= 11 is 0. The zero-order valence-corrected chi connectivity index (χ0v) is 12.0. The van der Waals surface area contributed by atoms with Crippen molar-refractivity contribution < 1.29 is 9.47 Å². The monoisotopic (exact) mass is 280 g/mol. The van der Waals surface area contributed by atoms with Crippen LogP contribution < -0.4 is 9.47 Å². The number of hydrogen-bond acceptors (Lipinski definition) is 3. The lowest BCUT2D eigenvalue weighted by atomic mass is 10.1. The molecule has 0 aliphatic carbocycles. The Kier molecular flexibility index (Phi) is 3.60. The molecule has 106 valence electrons. The first-order chi connectivity index (χ1) is 10.3. The highest BCUT2D eigenvalue weighted by molar-refractivity contribution is 5.64. The Morgan fingerprint density at radius 1 is 0.857 bits per heavy atom. The molecule has 3 rings (SSSR count). The van der Waals surface area contributed by atoms with Crippen LogP contribution in [0.25, 0.3) is 16.9 Å². The molecule has 1 heterocycles. The van der Waals surface area contributed by atoms with Crippen molar-refractivity contribution in [3.05, 3.63) is 60.8 Å². The van der Waals surface area contributed by atoms with Gasteiger partial charge in [-0.3, -0.25) is 0 Å². The molecule has 2 aromatic carbocycles. The van der Waals surface area contributed by atoms with Gasteiger partial charge in [0.05, 0.1) is 25.6 Å². The first-order valence-corrected chi connectivity index (χ1v) is 6.65. The average Bonchev–Trinajstić information content (AvgIpc) is 3.05. The van der Waals surface area contributed by atoms with Crippen LogP contribution in [0, 0.1) is 0 Å². The number of para-hydroxylation sites is 1. The molecule has 4 nitrogen and oxygen atoms in total. The van der Waals surface area contributed by atoms with Gasteiger partial charge in [-0.15, -0.1) is 0 Å². The quantitative estimate of drug-likeness (QED) is 0.733. The van der Waals surface area contributed by atoms with E-state index in [0.29, 0.717) is 11.5 Å². The summed E-state index contributed by atoms with van der Waals surface area (Å²) in [4.78, 5) is 0. The summed E-state index contributed by atoms with van der Waals surface area (Å²) in [6.07, 6.45) is 1.95. The lowest BCUT2D eigenvalue weighted by Crippen LogP contribution is -1.94. The Morgan fingerprint density at radius 3 is 2.33 bits per heavy atom. The van der Waals surface area contributed by atoms with Crippen LogP contribution in [0.15, 0.2) is 60.8 Å². The van der Waals surface area contributed by atoms with Crippen molar-refractivity contribution in [1.29, 1.82) is 0 Å². The van der Waals surface area contributed by atoms with Gasteiger partial charge in [-0.1, -0.05) is 18.2 Å². The summed E-state index contributed by atoms with van der Waals surface area (Å²) in [6.45, 7) is 0. The summed E-state index contributed by atoms with van der Waals surface area (Å²) in [6, 6.07) is 17.8. The molecule has 0 radical (unpaired) electrons.